The molecule has 2 unspecified atom stereocenters. The van der Waals surface area contributed by atoms with Crippen molar-refractivity contribution in [3.05, 3.63) is 0 Å². The van der Waals surface area contributed by atoms with Crippen molar-refractivity contribution in [3.63, 3.8) is 0 Å². The molecule has 0 aliphatic carbocycles. The molecule has 0 radical (unpaired) electrons. The lowest BCUT2D eigenvalue weighted by atomic mass is 10.2. The first-order valence-electron chi connectivity index (χ1n) is 4.64. The molecule has 2 fully saturated rings. The predicted molar refractivity (Wildman–Crippen MR) is 44.3 cm³/mol. The highest BCUT2D eigenvalue weighted by molar-refractivity contribution is 4.85. The van der Waals surface area contributed by atoms with Crippen molar-refractivity contribution < 1.29 is 9.22 Å². The molecule has 1 spiro atoms. The van der Waals surface area contributed by atoms with Gasteiger partial charge >= 0.3 is 0 Å². The zero-order valence-electron chi connectivity index (χ0n) is 7.71. The summed E-state index contributed by atoms with van der Waals surface area (Å²) in [4.78, 5) is 0. The van der Waals surface area contributed by atoms with E-state index in [2.05, 4.69) is 20.8 Å². The average molecular weight is 156 g/mol. The fourth-order valence-corrected chi connectivity index (χ4v) is 2.84. The van der Waals surface area contributed by atoms with Crippen molar-refractivity contribution >= 4 is 0 Å². The van der Waals surface area contributed by atoms with Gasteiger partial charge in [-0.25, -0.2) is 0 Å². The summed E-state index contributed by atoms with van der Waals surface area (Å²) in [5.41, 5.74) is 0. The van der Waals surface area contributed by atoms with E-state index in [1.54, 1.807) is 0 Å². The van der Waals surface area contributed by atoms with E-state index in [0.29, 0.717) is 0 Å². The predicted octanol–water partition coefficient (Wildman–Crippen LogP) is 1.01. The molecule has 2 heterocycles. The summed E-state index contributed by atoms with van der Waals surface area (Å²) in [6.45, 7) is 10.2. The summed E-state index contributed by atoms with van der Waals surface area (Å²) in [6.07, 6.45) is 0. The van der Waals surface area contributed by atoms with Gasteiger partial charge in [0.1, 0.15) is 24.7 Å². The molecule has 2 rings (SSSR count). The number of morpholine rings is 1. The molecular weight excluding hydrogens is 138 g/mol. The van der Waals surface area contributed by atoms with Crippen LogP contribution in [-0.2, 0) is 4.74 Å². The summed E-state index contributed by atoms with van der Waals surface area (Å²) < 4.78 is 6.77. The van der Waals surface area contributed by atoms with Crippen molar-refractivity contribution in [1.29, 1.82) is 0 Å². The van der Waals surface area contributed by atoms with Gasteiger partial charge < -0.3 is 9.22 Å². The SMILES string of the molecule is CC1[C@H](C)[N+]12CCOC[C@H]2C. The molecule has 0 saturated carbocycles. The van der Waals surface area contributed by atoms with Crippen LogP contribution in [0.2, 0.25) is 0 Å². The summed E-state index contributed by atoms with van der Waals surface area (Å²) in [7, 11) is 0. The Balaban J connectivity index is 2.12. The third-order valence-electron chi connectivity index (χ3n) is 3.93. The van der Waals surface area contributed by atoms with Crippen molar-refractivity contribution in [2.75, 3.05) is 19.8 Å². The fourth-order valence-electron chi connectivity index (χ4n) is 2.84. The molecule has 64 valence electrons. The number of hydrogen-bond donors (Lipinski definition) is 0. The van der Waals surface area contributed by atoms with Gasteiger partial charge in [-0.1, -0.05) is 0 Å². The minimum Gasteiger partial charge on any atom is -0.369 e. The van der Waals surface area contributed by atoms with Crippen LogP contribution in [0.3, 0.4) is 0 Å². The van der Waals surface area contributed by atoms with E-state index in [1.165, 1.54) is 11.0 Å². The molecule has 0 aromatic rings. The fraction of sp³-hybridized carbons (Fsp3) is 1.00. The molecule has 2 saturated heterocycles. The average Bonchev–Trinajstić information content (AvgIpc) is 2.50. The summed E-state index contributed by atoms with van der Waals surface area (Å²) in [5, 5.41) is 0. The van der Waals surface area contributed by atoms with E-state index >= 15 is 0 Å². The third-order valence-corrected chi connectivity index (χ3v) is 3.93. The molecule has 0 aromatic carbocycles. The number of quaternary nitrogens is 1. The number of ether oxygens (including phenoxy) is 1. The quantitative estimate of drug-likeness (QED) is 0.376. The zero-order chi connectivity index (χ0) is 8.06. The monoisotopic (exact) mass is 156 g/mol. The Hall–Kier alpha value is -0.0800. The van der Waals surface area contributed by atoms with E-state index in [-0.39, 0.29) is 0 Å². The molecule has 4 atom stereocenters. The zero-order valence-corrected chi connectivity index (χ0v) is 7.71. The van der Waals surface area contributed by atoms with Gasteiger partial charge in [-0.05, 0) is 20.8 Å². The van der Waals surface area contributed by atoms with Crippen LogP contribution >= 0.6 is 0 Å². The Kier molecular flexibility index (Phi) is 1.52. The minimum atomic E-state index is 0.730. The first kappa shape index (κ1) is 7.56. The van der Waals surface area contributed by atoms with Gasteiger partial charge in [0.2, 0.25) is 0 Å². The van der Waals surface area contributed by atoms with Crippen LogP contribution in [0.4, 0.5) is 0 Å². The van der Waals surface area contributed by atoms with Crippen LogP contribution in [-0.4, -0.2) is 42.4 Å². The number of rotatable bonds is 0. The maximum Gasteiger partial charge on any atom is 0.139 e. The largest absolute Gasteiger partial charge is 0.369 e. The lowest BCUT2D eigenvalue weighted by molar-refractivity contribution is -0.859. The maximum atomic E-state index is 5.44. The van der Waals surface area contributed by atoms with Gasteiger partial charge in [-0.2, -0.15) is 0 Å². The Morgan fingerprint density at radius 3 is 2.18 bits per heavy atom. The molecule has 0 N–H and O–H groups in total. The van der Waals surface area contributed by atoms with Crippen LogP contribution < -0.4 is 0 Å². The number of nitrogens with zero attached hydrogens (tertiary/aromatic N) is 1. The molecule has 2 aliphatic rings. The summed E-state index contributed by atoms with van der Waals surface area (Å²) in [6, 6.07) is 2.50. The Labute approximate surface area is 68.7 Å². The molecule has 2 aliphatic heterocycles. The van der Waals surface area contributed by atoms with Crippen LogP contribution in [0.1, 0.15) is 20.8 Å². The standard InChI is InChI=1S/C9H18NO/c1-7-6-11-5-4-10(7)8(2)9(10)3/h7-9H,4-6H2,1-3H3/q+1/t7-,8+,9?,10?/m1/s1. The van der Waals surface area contributed by atoms with Crippen molar-refractivity contribution in [3.8, 4) is 0 Å². The van der Waals surface area contributed by atoms with Crippen molar-refractivity contribution in [2.45, 2.75) is 38.9 Å². The summed E-state index contributed by atoms with van der Waals surface area (Å²) >= 11 is 0. The second-order valence-electron chi connectivity index (χ2n) is 4.12. The Morgan fingerprint density at radius 2 is 1.82 bits per heavy atom. The molecule has 11 heavy (non-hydrogen) atoms. The molecule has 0 bridgehead atoms. The third kappa shape index (κ3) is 0.798. The van der Waals surface area contributed by atoms with Crippen LogP contribution in [0, 0.1) is 0 Å². The van der Waals surface area contributed by atoms with E-state index in [9.17, 15) is 0 Å². The van der Waals surface area contributed by atoms with E-state index in [4.69, 9.17) is 4.74 Å². The Bertz CT molecular complexity index is 161. The normalized spacial score (nSPS) is 56.5. The molecule has 2 nitrogen and oxygen atoms in total. The van der Waals surface area contributed by atoms with Gasteiger partial charge in [-0.3, -0.25) is 0 Å². The minimum absolute atomic E-state index is 0.730. The van der Waals surface area contributed by atoms with Crippen LogP contribution in [0.15, 0.2) is 0 Å². The second kappa shape index (κ2) is 2.20. The highest BCUT2D eigenvalue weighted by atomic mass is 16.5. The van der Waals surface area contributed by atoms with E-state index < -0.39 is 0 Å². The van der Waals surface area contributed by atoms with E-state index in [1.807, 2.05) is 0 Å². The van der Waals surface area contributed by atoms with Gasteiger partial charge in [0.05, 0.1) is 13.2 Å². The lowest BCUT2D eigenvalue weighted by Gasteiger charge is -2.32. The highest BCUT2D eigenvalue weighted by Gasteiger charge is 2.63. The van der Waals surface area contributed by atoms with Gasteiger partial charge in [0.15, 0.2) is 0 Å². The summed E-state index contributed by atoms with van der Waals surface area (Å²) in [5.74, 6) is 0. The molecule has 2 heteroatoms. The molecular formula is C9H18NO+. The van der Waals surface area contributed by atoms with Crippen LogP contribution in [0.25, 0.3) is 0 Å². The van der Waals surface area contributed by atoms with Crippen LogP contribution in [0.5, 0.6) is 0 Å². The van der Waals surface area contributed by atoms with Gasteiger partial charge in [0.25, 0.3) is 0 Å². The molecule has 0 aromatic heterocycles. The lowest BCUT2D eigenvalue weighted by Crippen LogP contribution is -2.48. The maximum absolute atomic E-state index is 5.44. The molecule has 0 amide bonds. The number of hydrogen-bond acceptors (Lipinski definition) is 1. The van der Waals surface area contributed by atoms with Crippen molar-refractivity contribution in [1.82, 2.24) is 0 Å². The van der Waals surface area contributed by atoms with Crippen molar-refractivity contribution in [2.24, 2.45) is 0 Å². The highest BCUT2D eigenvalue weighted by Crippen LogP contribution is 2.43. The Morgan fingerprint density at radius 1 is 1.18 bits per heavy atom. The first-order chi connectivity index (χ1) is 5.19. The second-order valence-corrected chi connectivity index (χ2v) is 4.12. The van der Waals surface area contributed by atoms with E-state index in [0.717, 1.165) is 31.3 Å². The topological polar surface area (TPSA) is 9.23 Å². The van der Waals surface area contributed by atoms with Gasteiger partial charge in [-0.15, -0.1) is 0 Å². The van der Waals surface area contributed by atoms with Gasteiger partial charge in [0, 0.05) is 0 Å². The first-order valence-corrected chi connectivity index (χ1v) is 4.64. The smallest absolute Gasteiger partial charge is 0.139 e.